The molecule has 0 N–H and O–H groups in total. The molecule has 8 heteroatoms. The lowest BCUT2D eigenvalue weighted by atomic mass is 10.1. The number of hydrogen-bond donors (Lipinski definition) is 0. The van der Waals surface area contributed by atoms with Gasteiger partial charge in [-0.2, -0.15) is 0 Å². The summed E-state index contributed by atoms with van der Waals surface area (Å²) in [7, 11) is 1.21. The van der Waals surface area contributed by atoms with Crippen LogP contribution in [0.25, 0.3) is 0 Å². The summed E-state index contributed by atoms with van der Waals surface area (Å²) >= 11 is 0. The lowest BCUT2D eigenvalue weighted by Crippen LogP contribution is -2.25. The number of aromatic nitrogens is 1. The van der Waals surface area contributed by atoms with E-state index in [1.807, 2.05) is 0 Å². The maximum Gasteiger partial charge on any atom is 0.339 e. The Morgan fingerprint density at radius 3 is 2.33 bits per heavy atom. The van der Waals surface area contributed by atoms with Crippen molar-refractivity contribution in [3.8, 4) is 0 Å². The van der Waals surface area contributed by atoms with Gasteiger partial charge in [-0.25, -0.2) is 13.6 Å². The maximum absolute atomic E-state index is 14.5. The van der Waals surface area contributed by atoms with Crippen LogP contribution >= 0.6 is 0 Å². The average Bonchev–Trinajstić information content (AvgIpc) is 3.07. The zero-order valence-corrected chi connectivity index (χ0v) is 14.7. The first-order valence-corrected chi connectivity index (χ1v) is 8.43. The SMILES string of the molecule is COC(=O)c1ccc(=O)n(Cc2ccc(CN3CCCC3=O)c(F)c2F)c1. The van der Waals surface area contributed by atoms with Gasteiger partial charge in [0, 0.05) is 42.9 Å². The molecule has 0 spiro atoms. The number of ether oxygens (including phenoxy) is 1. The fraction of sp³-hybridized carbons (Fsp3) is 0.316. The standard InChI is InChI=1S/C19H18F2N2O4/c1-27-19(26)14-6-7-16(25)23(11-14)10-13-5-4-12(17(20)18(13)21)9-22-8-2-3-15(22)24/h4-7,11H,2-3,8-10H2,1H3. The van der Waals surface area contributed by atoms with E-state index < -0.39 is 23.2 Å². The van der Waals surface area contributed by atoms with Gasteiger partial charge in [0.1, 0.15) is 0 Å². The van der Waals surface area contributed by atoms with E-state index in [1.54, 1.807) is 0 Å². The second-order valence-corrected chi connectivity index (χ2v) is 6.31. The molecule has 0 saturated carbocycles. The van der Waals surface area contributed by atoms with Crippen LogP contribution in [0.2, 0.25) is 0 Å². The van der Waals surface area contributed by atoms with Gasteiger partial charge in [-0.15, -0.1) is 0 Å². The first-order chi connectivity index (χ1) is 12.9. The molecule has 1 aliphatic rings. The fourth-order valence-electron chi connectivity index (χ4n) is 3.03. The van der Waals surface area contributed by atoms with Crippen molar-refractivity contribution in [2.24, 2.45) is 0 Å². The molecule has 0 aliphatic carbocycles. The van der Waals surface area contributed by atoms with Crippen molar-refractivity contribution < 1.29 is 23.1 Å². The van der Waals surface area contributed by atoms with E-state index in [1.165, 1.54) is 36.4 Å². The summed E-state index contributed by atoms with van der Waals surface area (Å²) in [5, 5.41) is 0. The van der Waals surface area contributed by atoms with Gasteiger partial charge in [0.05, 0.1) is 19.2 Å². The molecule has 2 heterocycles. The number of carbonyl (C=O) groups excluding carboxylic acids is 2. The van der Waals surface area contributed by atoms with E-state index in [4.69, 9.17) is 0 Å². The monoisotopic (exact) mass is 376 g/mol. The van der Waals surface area contributed by atoms with Crippen LogP contribution in [-0.2, 0) is 22.6 Å². The summed E-state index contributed by atoms with van der Waals surface area (Å²) in [6.07, 6.45) is 2.37. The number of hydrogen-bond acceptors (Lipinski definition) is 4. The van der Waals surface area contributed by atoms with Crippen LogP contribution < -0.4 is 5.56 Å². The van der Waals surface area contributed by atoms with Gasteiger partial charge in [-0.3, -0.25) is 9.59 Å². The topological polar surface area (TPSA) is 68.6 Å². The first kappa shape index (κ1) is 18.8. The van der Waals surface area contributed by atoms with Crippen molar-refractivity contribution in [2.75, 3.05) is 13.7 Å². The summed E-state index contributed by atoms with van der Waals surface area (Å²) in [5.41, 5.74) is -0.286. The van der Waals surface area contributed by atoms with E-state index in [2.05, 4.69) is 4.74 Å². The lowest BCUT2D eigenvalue weighted by Gasteiger charge is -2.17. The van der Waals surface area contributed by atoms with Crippen LogP contribution in [-0.4, -0.2) is 35.0 Å². The van der Waals surface area contributed by atoms with E-state index in [0.29, 0.717) is 19.4 Å². The van der Waals surface area contributed by atoms with Crippen LogP contribution in [0.1, 0.15) is 34.3 Å². The maximum atomic E-state index is 14.5. The number of carbonyl (C=O) groups is 2. The smallest absolute Gasteiger partial charge is 0.339 e. The number of esters is 1. The van der Waals surface area contributed by atoms with Crippen molar-refractivity contribution in [1.29, 1.82) is 0 Å². The molecule has 0 radical (unpaired) electrons. The Bertz CT molecular complexity index is 955. The number of likely N-dealkylation sites (tertiary alicyclic amines) is 1. The van der Waals surface area contributed by atoms with Gasteiger partial charge >= 0.3 is 5.97 Å². The summed E-state index contributed by atoms with van der Waals surface area (Å²) in [6, 6.07) is 5.26. The predicted molar refractivity (Wildman–Crippen MR) is 92.2 cm³/mol. The molecule has 1 fully saturated rings. The molecule has 0 unspecified atom stereocenters. The molecule has 0 bridgehead atoms. The van der Waals surface area contributed by atoms with E-state index in [0.717, 1.165) is 10.6 Å². The fourth-order valence-corrected chi connectivity index (χ4v) is 3.03. The summed E-state index contributed by atoms with van der Waals surface area (Å²) in [6.45, 7) is 0.298. The van der Waals surface area contributed by atoms with Crippen LogP contribution in [0.3, 0.4) is 0 Å². The molecular weight excluding hydrogens is 358 g/mol. The Morgan fingerprint density at radius 2 is 1.74 bits per heavy atom. The Hall–Kier alpha value is -3.03. The van der Waals surface area contributed by atoms with Crippen molar-refractivity contribution in [2.45, 2.75) is 25.9 Å². The third kappa shape index (κ3) is 3.89. The average molecular weight is 376 g/mol. The van der Waals surface area contributed by atoms with Crippen molar-refractivity contribution >= 4 is 11.9 Å². The van der Waals surface area contributed by atoms with Gasteiger partial charge in [0.2, 0.25) is 5.91 Å². The normalized spacial score (nSPS) is 13.9. The van der Waals surface area contributed by atoms with E-state index in [9.17, 15) is 23.2 Å². The molecule has 2 aromatic rings. The molecular formula is C19H18F2N2O4. The molecule has 1 amide bonds. The molecule has 0 atom stereocenters. The Morgan fingerprint density at radius 1 is 1.07 bits per heavy atom. The van der Waals surface area contributed by atoms with Gasteiger partial charge in [0.15, 0.2) is 11.6 Å². The van der Waals surface area contributed by atoms with E-state index in [-0.39, 0.29) is 35.7 Å². The number of halogens is 2. The molecule has 1 aliphatic heterocycles. The Kier molecular flexibility index (Phi) is 5.34. The van der Waals surface area contributed by atoms with Gasteiger partial charge in [-0.1, -0.05) is 12.1 Å². The number of benzene rings is 1. The summed E-state index contributed by atoms with van der Waals surface area (Å²) in [5.74, 6) is -2.83. The second kappa shape index (κ2) is 7.69. The highest BCUT2D eigenvalue weighted by molar-refractivity contribution is 5.88. The zero-order chi connectivity index (χ0) is 19.6. The molecule has 3 rings (SSSR count). The molecule has 6 nitrogen and oxygen atoms in total. The minimum Gasteiger partial charge on any atom is -0.465 e. The van der Waals surface area contributed by atoms with Gasteiger partial charge < -0.3 is 14.2 Å². The number of amides is 1. The number of rotatable bonds is 5. The summed E-state index contributed by atoms with van der Waals surface area (Å²) in [4.78, 5) is 36.7. The number of pyridine rings is 1. The van der Waals surface area contributed by atoms with Crippen LogP contribution in [0.5, 0.6) is 0 Å². The molecule has 1 saturated heterocycles. The van der Waals surface area contributed by atoms with Crippen LogP contribution in [0.15, 0.2) is 35.3 Å². The van der Waals surface area contributed by atoms with Gasteiger partial charge in [0.25, 0.3) is 5.56 Å². The van der Waals surface area contributed by atoms with E-state index >= 15 is 0 Å². The molecule has 1 aromatic carbocycles. The zero-order valence-electron chi connectivity index (χ0n) is 14.7. The quantitative estimate of drug-likeness (QED) is 0.750. The minimum absolute atomic E-state index is 0.0135. The summed E-state index contributed by atoms with van der Waals surface area (Å²) < 4.78 is 34.6. The van der Waals surface area contributed by atoms with Crippen molar-refractivity contribution in [1.82, 2.24) is 9.47 Å². The first-order valence-electron chi connectivity index (χ1n) is 8.43. The van der Waals surface area contributed by atoms with Crippen molar-refractivity contribution in [3.05, 3.63) is 69.1 Å². The third-order valence-corrected chi connectivity index (χ3v) is 4.52. The van der Waals surface area contributed by atoms with Crippen LogP contribution in [0.4, 0.5) is 8.78 Å². The van der Waals surface area contributed by atoms with Crippen LogP contribution in [0, 0.1) is 11.6 Å². The highest BCUT2D eigenvalue weighted by Gasteiger charge is 2.23. The molecule has 142 valence electrons. The Labute approximate surface area is 154 Å². The lowest BCUT2D eigenvalue weighted by molar-refractivity contribution is -0.128. The number of nitrogens with zero attached hydrogens (tertiary/aromatic N) is 2. The Balaban J connectivity index is 1.86. The highest BCUT2D eigenvalue weighted by atomic mass is 19.2. The third-order valence-electron chi connectivity index (χ3n) is 4.52. The molecule has 27 heavy (non-hydrogen) atoms. The second-order valence-electron chi connectivity index (χ2n) is 6.31. The highest BCUT2D eigenvalue weighted by Crippen LogP contribution is 2.21. The van der Waals surface area contributed by atoms with Crippen molar-refractivity contribution in [3.63, 3.8) is 0 Å². The largest absolute Gasteiger partial charge is 0.465 e. The predicted octanol–water partition coefficient (Wildman–Crippen LogP) is 2.08. The molecule has 1 aromatic heterocycles. The van der Waals surface area contributed by atoms with Gasteiger partial charge in [-0.05, 0) is 12.5 Å². The minimum atomic E-state index is -1.07. The number of methoxy groups -OCH3 is 1.